The van der Waals surface area contributed by atoms with Crippen LogP contribution in [0, 0.1) is 0 Å². The maximum Gasteiger partial charge on any atom is 0.343 e. The summed E-state index contributed by atoms with van der Waals surface area (Å²) in [5.41, 5.74) is 3.54. The first-order valence-electron chi connectivity index (χ1n) is 9.21. The van der Waals surface area contributed by atoms with Crippen LogP contribution in [0.5, 0.6) is 23.0 Å². The van der Waals surface area contributed by atoms with Crippen molar-refractivity contribution >= 4 is 5.97 Å². The molecule has 0 radical (unpaired) electrons. The SMILES string of the molecule is COc1ccc2c(c1OC)C(=O)OC2[C@H]1c2cc3c(cc2CCN1C)OCO3. The molecular weight excluding hydrogens is 362 g/mol. The van der Waals surface area contributed by atoms with Crippen LogP contribution in [0.4, 0.5) is 0 Å². The van der Waals surface area contributed by atoms with Crippen LogP contribution >= 0.6 is 0 Å². The number of carbonyl (C=O) groups is 1. The fraction of sp³-hybridized carbons (Fsp3) is 0.381. The molecule has 0 amide bonds. The molecule has 5 rings (SSSR count). The van der Waals surface area contributed by atoms with E-state index in [2.05, 4.69) is 4.90 Å². The van der Waals surface area contributed by atoms with Gasteiger partial charge in [-0.05, 0) is 42.8 Å². The number of hydrogen-bond acceptors (Lipinski definition) is 7. The molecule has 0 fully saturated rings. The number of cyclic esters (lactones) is 1. The predicted molar refractivity (Wildman–Crippen MR) is 99.3 cm³/mol. The number of ether oxygens (including phenoxy) is 5. The van der Waals surface area contributed by atoms with Crippen molar-refractivity contribution in [3.63, 3.8) is 0 Å². The fourth-order valence-corrected chi connectivity index (χ4v) is 4.42. The van der Waals surface area contributed by atoms with E-state index in [9.17, 15) is 4.79 Å². The van der Waals surface area contributed by atoms with Crippen LogP contribution < -0.4 is 18.9 Å². The third-order valence-electron chi connectivity index (χ3n) is 5.77. The average Bonchev–Trinajstić information content (AvgIpc) is 3.29. The van der Waals surface area contributed by atoms with Gasteiger partial charge in [-0.3, -0.25) is 4.90 Å². The summed E-state index contributed by atoms with van der Waals surface area (Å²) < 4.78 is 27.8. The molecule has 28 heavy (non-hydrogen) atoms. The molecule has 2 aromatic carbocycles. The van der Waals surface area contributed by atoms with Gasteiger partial charge in [-0.15, -0.1) is 0 Å². The number of esters is 1. The summed E-state index contributed by atoms with van der Waals surface area (Å²) in [7, 11) is 5.13. The third kappa shape index (κ3) is 2.36. The van der Waals surface area contributed by atoms with Crippen LogP contribution in [-0.4, -0.2) is 45.5 Å². The molecule has 2 aromatic rings. The lowest BCUT2D eigenvalue weighted by Gasteiger charge is -2.37. The molecule has 0 saturated carbocycles. The normalized spacial score (nSPS) is 22.5. The Morgan fingerprint density at radius 2 is 1.86 bits per heavy atom. The van der Waals surface area contributed by atoms with Crippen molar-refractivity contribution in [2.75, 3.05) is 34.6 Å². The minimum Gasteiger partial charge on any atom is -0.493 e. The highest BCUT2D eigenvalue weighted by molar-refractivity contribution is 5.98. The molecule has 0 aromatic heterocycles. The van der Waals surface area contributed by atoms with Crippen LogP contribution in [0.15, 0.2) is 24.3 Å². The number of nitrogens with zero attached hydrogens (tertiary/aromatic N) is 1. The van der Waals surface area contributed by atoms with Crippen molar-refractivity contribution in [1.82, 2.24) is 4.90 Å². The molecule has 0 N–H and O–H groups in total. The maximum atomic E-state index is 12.8. The molecular formula is C21H21NO6. The van der Waals surface area contributed by atoms with Gasteiger partial charge in [0.25, 0.3) is 0 Å². The molecule has 7 nitrogen and oxygen atoms in total. The highest BCUT2D eigenvalue weighted by Gasteiger charge is 2.44. The third-order valence-corrected chi connectivity index (χ3v) is 5.77. The summed E-state index contributed by atoms with van der Waals surface area (Å²) in [6.45, 7) is 1.09. The monoisotopic (exact) mass is 383 g/mol. The van der Waals surface area contributed by atoms with Crippen molar-refractivity contribution < 1.29 is 28.5 Å². The minimum absolute atomic E-state index is 0.124. The summed E-state index contributed by atoms with van der Waals surface area (Å²) in [6, 6.07) is 7.65. The topological polar surface area (TPSA) is 66.5 Å². The first kappa shape index (κ1) is 17.2. The smallest absolute Gasteiger partial charge is 0.343 e. The van der Waals surface area contributed by atoms with Crippen molar-refractivity contribution in [2.45, 2.75) is 18.6 Å². The molecule has 0 saturated heterocycles. The summed E-state index contributed by atoms with van der Waals surface area (Å²) in [6.07, 6.45) is 0.463. The van der Waals surface area contributed by atoms with E-state index in [1.165, 1.54) is 12.7 Å². The van der Waals surface area contributed by atoms with E-state index in [1.54, 1.807) is 7.11 Å². The Labute approximate surface area is 162 Å². The van der Waals surface area contributed by atoms with Gasteiger partial charge in [0.1, 0.15) is 11.7 Å². The number of methoxy groups -OCH3 is 2. The zero-order valence-electron chi connectivity index (χ0n) is 16.0. The Hall–Kier alpha value is -2.93. The lowest BCUT2D eigenvalue weighted by atomic mass is 9.86. The number of benzene rings is 2. The van der Waals surface area contributed by atoms with Gasteiger partial charge >= 0.3 is 5.97 Å². The van der Waals surface area contributed by atoms with Crippen molar-refractivity contribution in [2.24, 2.45) is 0 Å². The van der Waals surface area contributed by atoms with Crippen LogP contribution in [0.2, 0.25) is 0 Å². The Bertz CT molecular complexity index is 972. The first-order valence-corrected chi connectivity index (χ1v) is 9.21. The molecule has 146 valence electrons. The van der Waals surface area contributed by atoms with Crippen LogP contribution in [-0.2, 0) is 11.2 Å². The molecule has 2 atom stereocenters. The van der Waals surface area contributed by atoms with E-state index >= 15 is 0 Å². The molecule has 3 heterocycles. The second kappa shape index (κ2) is 6.31. The molecule has 0 aliphatic carbocycles. The van der Waals surface area contributed by atoms with E-state index in [1.807, 2.05) is 31.3 Å². The van der Waals surface area contributed by atoms with E-state index in [4.69, 9.17) is 23.7 Å². The maximum absolute atomic E-state index is 12.8. The summed E-state index contributed by atoms with van der Waals surface area (Å²) in [4.78, 5) is 15.0. The lowest BCUT2D eigenvalue weighted by molar-refractivity contribution is 0.00935. The Kier molecular flexibility index (Phi) is 3.87. The Morgan fingerprint density at radius 3 is 2.61 bits per heavy atom. The second-order valence-electron chi connectivity index (χ2n) is 7.17. The summed E-state index contributed by atoms with van der Waals surface area (Å²) in [5.74, 6) is 2.04. The molecule has 3 aliphatic heterocycles. The predicted octanol–water partition coefficient (Wildman–Crippen LogP) is 2.87. The number of likely N-dealkylation sites (N-methyl/N-ethyl adjacent to an activating group) is 1. The zero-order chi connectivity index (χ0) is 19.4. The lowest BCUT2D eigenvalue weighted by Crippen LogP contribution is -2.36. The van der Waals surface area contributed by atoms with Crippen molar-refractivity contribution in [3.05, 3.63) is 46.5 Å². The van der Waals surface area contributed by atoms with Gasteiger partial charge in [0.2, 0.25) is 6.79 Å². The van der Waals surface area contributed by atoms with E-state index in [0.717, 1.165) is 35.6 Å². The van der Waals surface area contributed by atoms with Gasteiger partial charge in [0, 0.05) is 12.1 Å². The number of hydrogen-bond donors (Lipinski definition) is 0. The number of carbonyl (C=O) groups excluding carboxylic acids is 1. The molecule has 7 heteroatoms. The molecule has 3 aliphatic rings. The van der Waals surface area contributed by atoms with Gasteiger partial charge in [-0.1, -0.05) is 6.07 Å². The standard InChI is InChI=1S/C21H21NO6/c1-22-7-6-11-8-15-16(27-10-26-15)9-13(11)18(22)19-12-4-5-14(24-2)20(25-3)17(12)21(23)28-19/h4-5,8-9,18-19H,6-7,10H2,1-3H3/t18-,19?/m1/s1. The largest absolute Gasteiger partial charge is 0.493 e. The Balaban J connectivity index is 1.63. The Morgan fingerprint density at radius 1 is 1.07 bits per heavy atom. The second-order valence-corrected chi connectivity index (χ2v) is 7.17. The van der Waals surface area contributed by atoms with Crippen LogP contribution in [0.25, 0.3) is 0 Å². The van der Waals surface area contributed by atoms with E-state index in [-0.39, 0.29) is 12.8 Å². The molecule has 0 spiro atoms. The zero-order valence-corrected chi connectivity index (χ0v) is 16.0. The van der Waals surface area contributed by atoms with Crippen LogP contribution in [0.1, 0.15) is 39.2 Å². The van der Waals surface area contributed by atoms with Gasteiger partial charge in [0.05, 0.1) is 20.3 Å². The van der Waals surface area contributed by atoms with E-state index in [0.29, 0.717) is 17.1 Å². The van der Waals surface area contributed by atoms with Gasteiger partial charge < -0.3 is 23.7 Å². The summed E-state index contributed by atoms with van der Waals surface area (Å²) >= 11 is 0. The fourth-order valence-electron chi connectivity index (χ4n) is 4.42. The molecule has 0 bridgehead atoms. The quantitative estimate of drug-likeness (QED) is 0.755. The van der Waals surface area contributed by atoms with Gasteiger partial charge in [0.15, 0.2) is 23.0 Å². The van der Waals surface area contributed by atoms with Gasteiger partial charge in [-0.25, -0.2) is 4.79 Å². The number of fused-ring (bicyclic) bond motifs is 3. The highest BCUT2D eigenvalue weighted by atomic mass is 16.7. The first-order chi connectivity index (χ1) is 13.6. The highest BCUT2D eigenvalue weighted by Crippen LogP contribution is 2.50. The summed E-state index contributed by atoms with van der Waals surface area (Å²) in [5, 5.41) is 0. The van der Waals surface area contributed by atoms with Crippen molar-refractivity contribution in [1.29, 1.82) is 0 Å². The van der Waals surface area contributed by atoms with E-state index < -0.39 is 12.1 Å². The minimum atomic E-state index is -0.438. The molecule has 1 unspecified atom stereocenters. The van der Waals surface area contributed by atoms with Crippen LogP contribution in [0.3, 0.4) is 0 Å². The van der Waals surface area contributed by atoms with Gasteiger partial charge in [-0.2, -0.15) is 0 Å². The average molecular weight is 383 g/mol. The number of rotatable bonds is 3. The van der Waals surface area contributed by atoms with Crippen molar-refractivity contribution in [3.8, 4) is 23.0 Å².